The van der Waals surface area contributed by atoms with Gasteiger partial charge in [0.25, 0.3) is 5.56 Å². The topological polar surface area (TPSA) is 66.1 Å². The second-order valence-electron chi connectivity index (χ2n) is 5.18. The van der Waals surface area contributed by atoms with Crippen LogP contribution in [0.3, 0.4) is 0 Å². The fraction of sp³-hybridized carbons (Fsp3) is 0.500. The van der Waals surface area contributed by atoms with Crippen molar-refractivity contribution in [3.05, 3.63) is 39.2 Å². The monoisotopic (exact) mass is 275 g/mol. The maximum atomic E-state index is 12.4. The van der Waals surface area contributed by atoms with Gasteiger partial charge in [0, 0.05) is 33.0 Å². The summed E-state index contributed by atoms with van der Waals surface area (Å²) in [6, 6.07) is 3.47. The van der Waals surface area contributed by atoms with Crippen LogP contribution in [0.2, 0.25) is 0 Å². The van der Waals surface area contributed by atoms with Crippen molar-refractivity contribution in [1.82, 2.24) is 14.1 Å². The van der Waals surface area contributed by atoms with Crippen molar-refractivity contribution in [1.29, 1.82) is 0 Å². The van der Waals surface area contributed by atoms with Crippen molar-refractivity contribution in [2.24, 2.45) is 13.0 Å². The van der Waals surface area contributed by atoms with Crippen molar-refractivity contribution in [2.75, 3.05) is 13.2 Å². The molecule has 0 spiro atoms. The van der Waals surface area contributed by atoms with Gasteiger partial charge in [0.1, 0.15) is 0 Å². The first kappa shape index (κ1) is 13.1. The number of pyridine rings is 1. The molecule has 3 rings (SSSR count). The third kappa shape index (κ3) is 2.16. The average Bonchev–Trinajstić information content (AvgIpc) is 2.50. The molecule has 0 saturated carbocycles. The van der Waals surface area contributed by atoms with E-state index in [2.05, 4.69) is 4.98 Å². The first-order valence-electron chi connectivity index (χ1n) is 6.81. The van der Waals surface area contributed by atoms with Crippen LogP contribution in [-0.4, -0.2) is 27.3 Å². The van der Waals surface area contributed by atoms with Crippen LogP contribution in [0.25, 0.3) is 11.0 Å². The van der Waals surface area contributed by atoms with Gasteiger partial charge in [-0.1, -0.05) is 0 Å². The van der Waals surface area contributed by atoms with E-state index < -0.39 is 0 Å². The average molecular weight is 275 g/mol. The predicted molar refractivity (Wildman–Crippen MR) is 74.8 cm³/mol. The van der Waals surface area contributed by atoms with Crippen LogP contribution >= 0.6 is 0 Å². The molecule has 1 saturated heterocycles. The van der Waals surface area contributed by atoms with Crippen molar-refractivity contribution in [2.45, 2.75) is 19.4 Å². The molecule has 0 bridgehead atoms. The lowest BCUT2D eigenvalue weighted by Crippen LogP contribution is -2.41. The minimum absolute atomic E-state index is 0.276. The maximum absolute atomic E-state index is 12.4. The quantitative estimate of drug-likeness (QED) is 0.801. The Labute approximate surface area is 115 Å². The van der Waals surface area contributed by atoms with E-state index in [0.29, 0.717) is 36.7 Å². The number of aryl methyl sites for hydroxylation is 1. The minimum atomic E-state index is -0.296. The van der Waals surface area contributed by atoms with Crippen molar-refractivity contribution >= 4 is 11.0 Å². The first-order valence-corrected chi connectivity index (χ1v) is 6.81. The van der Waals surface area contributed by atoms with E-state index in [1.165, 1.54) is 9.13 Å². The molecule has 6 nitrogen and oxygen atoms in total. The standard InChI is InChI=1S/C14H17N3O3/c1-16-11-3-2-6-15-12(11)13(18)17(14(16)19)9-10-4-7-20-8-5-10/h2-3,6,10H,4-5,7-9H2,1H3. The summed E-state index contributed by atoms with van der Waals surface area (Å²) in [7, 11) is 1.67. The number of fused-ring (bicyclic) bond motifs is 1. The highest BCUT2D eigenvalue weighted by molar-refractivity contribution is 5.72. The van der Waals surface area contributed by atoms with E-state index in [0.717, 1.165) is 12.8 Å². The molecule has 0 atom stereocenters. The normalized spacial score (nSPS) is 16.6. The summed E-state index contributed by atoms with van der Waals surface area (Å²) in [5.41, 5.74) is 0.351. The fourth-order valence-corrected chi connectivity index (χ4v) is 2.68. The Balaban J connectivity index is 2.10. The molecule has 3 heterocycles. The van der Waals surface area contributed by atoms with Crippen molar-refractivity contribution < 1.29 is 4.74 Å². The van der Waals surface area contributed by atoms with Crippen LogP contribution in [-0.2, 0) is 18.3 Å². The van der Waals surface area contributed by atoms with Crippen LogP contribution in [0, 0.1) is 5.92 Å². The van der Waals surface area contributed by atoms with E-state index in [4.69, 9.17) is 4.74 Å². The Hall–Kier alpha value is -1.95. The van der Waals surface area contributed by atoms with Gasteiger partial charge in [-0.3, -0.25) is 13.9 Å². The molecule has 1 aliphatic heterocycles. The summed E-state index contributed by atoms with van der Waals surface area (Å²) in [6.45, 7) is 1.85. The summed E-state index contributed by atoms with van der Waals surface area (Å²) in [5.74, 6) is 0.315. The fourth-order valence-electron chi connectivity index (χ4n) is 2.68. The molecular weight excluding hydrogens is 258 g/mol. The van der Waals surface area contributed by atoms with Crippen LogP contribution in [0.1, 0.15) is 12.8 Å². The Bertz CT molecular complexity index is 741. The smallest absolute Gasteiger partial charge is 0.331 e. The molecule has 106 valence electrons. The van der Waals surface area contributed by atoms with Gasteiger partial charge in [-0.2, -0.15) is 0 Å². The lowest BCUT2D eigenvalue weighted by Gasteiger charge is -2.22. The molecule has 20 heavy (non-hydrogen) atoms. The van der Waals surface area contributed by atoms with Gasteiger partial charge in [-0.15, -0.1) is 0 Å². The molecule has 2 aromatic heterocycles. The van der Waals surface area contributed by atoms with Gasteiger partial charge in [0.05, 0.1) is 5.52 Å². The summed E-state index contributed by atoms with van der Waals surface area (Å²) in [4.78, 5) is 28.9. The molecule has 1 fully saturated rings. The molecule has 6 heteroatoms. The van der Waals surface area contributed by atoms with Gasteiger partial charge in [-0.25, -0.2) is 9.78 Å². The van der Waals surface area contributed by atoms with Gasteiger partial charge >= 0.3 is 5.69 Å². The van der Waals surface area contributed by atoms with E-state index >= 15 is 0 Å². The van der Waals surface area contributed by atoms with E-state index in [1.54, 1.807) is 25.4 Å². The van der Waals surface area contributed by atoms with E-state index in [-0.39, 0.29) is 11.2 Å². The van der Waals surface area contributed by atoms with Crippen molar-refractivity contribution in [3.63, 3.8) is 0 Å². The Morgan fingerprint density at radius 3 is 2.85 bits per heavy atom. The number of rotatable bonds is 2. The number of aromatic nitrogens is 3. The summed E-state index contributed by atoms with van der Waals surface area (Å²) in [6.07, 6.45) is 3.35. The summed E-state index contributed by atoms with van der Waals surface area (Å²) in [5, 5.41) is 0. The lowest BCUT2D eigenvalue weighted by molar-refractivity contribution is 0.0605. The first-order chi connectivity index (χ1) is 9.68. The van der Waals surface area contributed by atoms with Gasteiger partial charge < -0.3 is 4.74 Å². The summed E-state index contributed by atoms with van der Waals surface area (Å²) < 4.78 is 8.11. The van der Waals surface area contributed by atoms with Crippen LogP contribution in [0.4, 0.5) is 0 Å². The molecule has 2 aromatic rings. The number of ether oxygens (including phenoxy) is 1. The Kier molecular flexibility index (Phi) is 3.40. The number of hydrogen-bond donors (Lipinski definition) is 0. The molecule has 1 aliphatic rings. The minimum Gasteiger partial charge on any atom is -0.381 e. The maximum Gasteiger partial charge on any atom is 0.331 e. The predicted octanol–water partition coefficient (Wildman–Crippen LogP) is 0.522. The molecule has 0 unspecified atom stereocenters. The van der Waals surface area contributed by atoms with E-state index in [9.17, 15) is 9.59 Å². The number of hydrogen-bond acceptors (Lipinski definition) is 4. The van der Waals surface area contributed by atoms with Gasteiger partial charge in [-0.05, 0) is 30.9 Å². The molecule has 0 aliphatic carbocycles. The highest BCUT2D eigenvalue weighted by atomic mass is 16.5. The highest BCUT2D eigenvalue weighted by Gasteiger charge is 2.18. The van der Waals surface area contributed by atoms with Crippen LogP contribution < -0.4 is 11.2 Å². The third-order valence-corrected chi connectivity index (χ3v) is 3.89. The Morgan fingerprint density at radius 1 is 1.35 bits per heavy atom. The molecule has 0 radical (unpaired) electrons. The number of nitrogens with zero attached hydrogens (tertiary/aromatic N) is 3. The van der Waals surface area contributed by atoms with Gasteiger partial charge in [0.15, 0.2) is 5.52 Å². The zero-order chi connectivity index (χ0) is 14.1. The van der Waals surface area contributed by atoms with Gasteiger partial charge in [0.2, 0.25) is 0 Å². The molecule has 0 amide bonds. The Morgan fingerprint density at radius 2 is 2.10 bits per heavy atom. The second-order valence-corrected chi connectivity index (χ2v) is 5.18. The van der Waals surface area contributed by atoms with Crippen molar-refractivity contribution in [3.8, 4) is 0 Å². The third-order valence-electron chi connectivity index (χ3n) is 3.89. The van der Waals surface area contributed by atoms with Crippen LogP contribution in [0.15, 0.2) is 27.9 Å². The van der Waals surface area contributed by atoms with Crippen LogP contribution in [0.5, 0.6) is 0 Å². The second kappa shape index (κ2) is 5.20. The zero-order valence-corrected chi connectivity index (χ0v) is 11.4. The summed E-state index contributed by atoms with van der Waals surface area (Å²) >= 11 is 0. The molecular formula is C14H17N3O3. The molecule has 0 aromatic carbocycles. The SMILES string of the molecule is Cn1c(=O)n(CC2CCOCC2)c(=O)c2ncccc21. The molecule has 0 N–H and O–H groups in total. The zero-order valence-electron chi connectivity index (χ0n) is 11.4. The largest absolute Gasteiger partial charge is 0.381 e. The highest BCUT2D eigenvalue weighted by Crippen LogP contribution is 2.15. The van der Waals surface area contributed by atoms with E-state index in [1.807, 2.05) is 0 Å². The lowest BCUT2D eigenvalue weighted by atomic mass is 10.0.